The normalized spacial score (nSPS) is 11.5. The summed E-state index contributed by atoms with van der Waals surface area (Å²) in [5, 5.41) is 0. The third-order valence-electron chi connectivity index (χ3n) is 4.75. The van der Waals surface area contributed by atoms with Crippen molar-refractivity contribution in [2.24, 2.45) is 7.05 Å². The van der Waals surface area contributed by atoms with Crippen LogP contribution in [0.15, 0.2) is 78.9 Å². The molecule has 0 unspecified atom stereocenters. The molecular weight excluding hydrogens is 427 g/mol. The molecule has 31 heavy (non-hydrogen) atoms. The van der Waals surface area contributed by atoms with E-state index in [2.05, 4.69) is 90.5 Å². The van der Waals surface area contributed by atoms with Gasteiger partial charge in [0.25, 0.3) is 0 Å². The van der Waals surface area contributed by atoms with E-state index in [1.54, 1.807) is 0 Å². The summed E-state index contributed by atoms with van der Waals surface area (Å²) in [6.07, 6.45) is 4.35. The second-order valence-electron chi connectivity index (χ2n) is 6.94. The number of nitrogens with zero attached hydrogens (tertiary/aromatic N) is 1. The van der Waals surface area contributed by atoms with Gasteiger partial charge in [-0.05, 0) is 30.0 Å². The molecule has 1 aromatic heterocycles. The first-order valence-corrected chi connectivity index (χ1v) is 11.1. The second-order valence-corrected chi connectivity index (χ2v) is 8.31. The third-order valence-corrected chi connectivity index (χ3v) is 5.31. The Morgan fingerprint density at radius 3 is 1.39 bits per heavy atom. The molecule has 0 spiro atoms. The number of hydrogen-bond acceptors (Lipinski definition) is 3. The molecular formula is C23H24F3NO3S. The average molecular weight is 452 g/mol. The van der Waals surface area contributed by atoms with Crippen LogP contribution in [-0.4, -0.2) is 18.5 Å². The maximum absolute atomic E-state index is 10.7. The summed E-state index contributed by atoms with van der Waals surface area (Å²) < 4.78 is 61.3. The molecule has 3 rings (SSSR count). The molecule has 0 atom stereocenters. The van der Waals surface area contributed by atoms with Crippen LogP contribution in [0, 0.1) is 0 Å². The maximum Gasteiger partial charge on any atom is 0.485 e. The van der Waals surface area contributed by atoms with E-state index in [1.165, 1.54) is 22.5 Å². The molecule has 8 heteroatoms. The number of rotatable bonds is 6. The summed E-state index contributed by atoms with van der Waals surface area (Å²) in [6.45, 7) is 0. The van der Waals surface area contributed by atoms with Crippen molar-refractivity contribution >= 4 is 10.1 Å². The van der Waals surface area contributed by atoms with Gasteiger partial charge in [-0.2, -0.15) is 13.2 Å². The second kappa shape index (κ2) is 11.1. The Kier molecular flexibility index (Phi) is 8.76. The minimum absolute atomic E-state index is 1.08. The van der Waals surface area contributed by atoms with Crippen LogP contribution in [0.2, 0.25) is 0 Å². The first kappa shape index (κ1) is 24.6. The SMILES string of the molecule is C[n+]1c(CCc2ccccc2)cccc1CCc1ccccc1.O=S(=O)([O-])C(F)(F)F. The van der Waals surface area contributed by atoms with Crippen LogP contribution in [0.5, 0.6) is 0 Å². The number of pyridine rings is 1. The lowest BCUT2D eigenvalue weighted by Gasteiger charge is -2.08. The van der Waals surface area contributed by atoms with E-state index in [-0.39, 0.29) is 0 Å². The van der Waals surface area contributed by atoms with Gasteiger partial charge in [0.15, 0.2) is 21.5 Å². The highest BCUT2D eigenvalue weighted by Gasteiger charge is 2.36. The highest BCUT2D eigenvalue weighted by molar-refractivity contribution is 7.86. The van der Waals surface area contributed by atoms with Gasteiger partial charge >= 0.3 is 5.51 Å². The summed E-state index contributed by atoms with van der Waals surface area (Å²) in [6, 6.07) is 28.1. The largest absolute Gasteiger partial charge is 0.741 e. The van der Waals surface area contributed by atoms with Gasteiger partial charge in [0.1, 0.15) is 7.05 Å². The summed E-state index contributed by atoms with van der Waals surface area (Å²) in [5.74, 6) is 0. The first-order chi connectivity index (χ1) is 14.6. The predicted molar refractivity (Wildman–Crippen MR) is 111 cm³/mol. The van der Waals surface area contributed by atoms with Crippen molar-refractivity contribution in [3.05, 3.63) is 101 Å². The molecule has 3 aromatic rings. The molecule has 1 heterocycles. The summed E-state index contributed by atoms with van der Waals surface area (Å²) in [7, 11) is -3.90. The number of aryl methyl sites for hydroxylation is 4. The van der Waals surface area contributed by atoms with E-state index in [4.69, 9.17) is 13.0 Å². The molecule has 166 valence electrons. The van der Waals surface area contributed by atoms with Crippen LogP contribution in [-0.2, 0) is 42.8 Å². The topological polar surface area (TPSA) is 61.1 Å². The lowest BCUT2D eigenvalue weighted by atomic mass is 10.1. The van der Waals surface area contributed by atoms with Crippen LogP contribution in [0.4, 0.5) is 13.2 Å². The summed E-state index contributed by atoms with van der Waals surface area (Å²) in [5.41, 5.74) is -0.0318. The van der Waals surface area contributed by atoms with Gasteiger partial charge in [0.05, 0.1) is 0 Å². The standard InChI is InChI=1S/C22H24N.CHF3O3S/c1-23-21(17-15-19-9-4-2-5-10-19)13-8-14-22(23)18-16-20-11-6-3-7-12-20;2-1(3,4)8(5,6)7/h2-14H,15-18H2,1H3;(H,5,6,7)/q+1;/p-1. The van der Waals surface area contributed by atoms with Crippen LogP contribution in [0.1, 0.15) is 22.5 Å². The molecule has 0 N–H and O–H groups in total. The van der Waals surface area contributed by atoms with E-state index in [0.29, 0.717) is 0 Å². The maximum atomic E-state index is 10.7. The van der Waals surface area contributed by atoms with Gasteiger partial charge in [0.2, 0.25) is 0 Å². The Balaban J connectivity index is 0.000000366. The van der Waals surface area contributed by atoms with Gasteiger partial charge in [-0.3, -0.25) is 0 Å². The van der Waals surface area contributed by atoms with Crippen LogP contribution in [0.3, 0.4) is 0 Å². The first-order valence-electron chi connectivity index (χ1n) is 9.65. The number of halogens is 3. The van der Waals surface area contributed by atoms with E-state index >= 15 is 0 Å². The van der Waals surface area contributed by atoms with Crippen molar-refractivity contribution in [2.45, 2.75) is 31.2 Å². The van der Waals surface area contributed by atoms with Gasteiger partial charge in [-0.1, -0.05) is 60.7 Å². The van der Waals surface area contributed by atoms with E-state index in [1.807, 2.05) is 0 Å². The summed E-state index contributed by atoms with van der Waals surface area (Å²) in [4.78, 5) is 0. The lowest BCUT2D eigenvalue weighted by Crippen LogP contribution is -2.38. The minimum atomic E-state index is -6.09. The van der Waals surface area contributed by atoms with Gasteiger partial charge in [-0.25, -0.2) is 13.0 Å². The Hall–Kier alpha value is -2.71. The molecule has 2 aromatic carbocycles. The zero-order chi connectivity index (χ0) is 22.9. The zero-order valence-corrected chi connectivity index (χ0v) is 17.9. The molecule has 4 nitrogen and oxygen atoms in total. The van der Waals surface area contributed by atoms with Crippen LogP contribution >= 0.6 is 0 Å². The summed E-state index contributed by atoms with van der Waals surface area (Å²) >= 11 is 0. The Labute approximate surface area is 180 Å². The number of aromatic nitrogens is 1. The Morgan fingerprint density at radius 1 is 0.710 bits per heavy atom. The van der Waals surface area contributed by atoms with Crippen LogP contribution < -0.4 is 4.57 Å². The van der Waals surface area contributed by atoms with Crippen molar-refractivity contribution in [3.8, 4) is 0 Å². The number of hydrogen-bond donors (Lipinski definition) is 0. The fraction of sp³-hybridized carbons (Fsp3) is 0.261. The molecule has 0 aliphatic heterocycles. The van der Waals surface area contributed by atoms with Gasteiger partial charge in [-0.15, -0.1) is 0 Å². The molecule has 0 saturated heterocycles. The fourth-order valence-electron chi connectivity index (χ4n) is 3.01. The molecule has 0 amide bonds. The smallest absolute Gasteiger partial charge is 0.485 e. The monoisotopic (exact) mass is 451 g/mol. The average Bonchev–Trinajstić information content (AvgIpc) is 2.73. The minimum Gasteiger partial charge on any atom is -0.741 e. The highest BCUT2D eigenvalue weighted by atomic mass is 32.2. The molecule has 0 saturated carbocycles. The third kappa shape index (κ3) is 8.15. The molecule has 0 radical (unpaired) electrons. The number of benzene rings is 2. The molecule has 0 aliphatic rings. The van der Waals surface area contributed by atoms with Gasteiger partial charge in [0, 0.05) is 25.0 Å². The van der Waals surface area contributed by atoms with Crippen molar-refractivity contribution in [1.29, 1.82) is 0 Å². The van der Waals surface area contributed by atoms with E-state index in [0.717, 1.165) is 25.7 Å². The Morgan fingerprint density at radius 2 is 1.06 bits per heavy atom. The van der Waals surface area contributed by atoms with Crippen molar-refractivity contribution in [2.75, 3.05) is 0 Å². The number of alkyl halides is 3. The van der Waals surface area contributed by atoms with E-state index < -0.39 is 15.6 Å². The Bertz CT molecular complexity index is 993. The molecule has 0 aliphatic carbocycles. The zero-order valence-electron chi connectivity index (χ0n) is 17.0. The molecule has 0 fully saturated rings. The van der Waals surface area contributed by atoms with E-state index in [9.17, 15) is 13.2 Å². The van der Waals surface area contributed by atoms with Crippen molar-refractivity contribution in [3.63, 3.8) is 0 Å². The van der Waals surface area contributed by atoms with Crippen LogP contribution in [0.25, 0.3) is 0 Å². The van der Waals surface area contributed by atoms with Gasteiger partial charge < -0.3 is 4.55 Å². The van der Waals surface area contributed by atoms with Crippen molar-refractivity contribution in [1.82, 2.24) is 0 Å². The lowest BCUT2D eigenvalue weighted by molar-refractivity contribution is -0.686. The quantitative estimate of drug-likeness (QED) is 0.322. The molecule has 0 bridgehead atoms. The van der Waals surface area contributed by atoms with Crippen molar-refractivity contribution < 1.29 is 30.7 Å². The highest BCUT2D eigenvalue weighted by Crippen LogP contribution is 2.20. The predicted octanol–water partition coefficient (Wildman–Crippen LogP) is 4.13. The fourth-order valence-corrected chi connectivity index (χ4v) is 3.01.